The van der Waals surface area contributed by atoms with Crippen LogP contribution >= 0.6 is 11.3 Å². The average molecular weight is 257 g/mol. The molecule has 2 rings (SSSR count). The number of hydrazine groups is 1. The van der Waals surface area contributed by atoms with E-state index in [0.717, 1.165) is 5.56 Å². The molecule has 0 bridgehead atoms. The van der Waals surface area contributed by atoms with Gasteiger partial charge in [0.15, 0.2) is 0 Å². The van der Waals surface area contributed by atoms with E-state index < -0.39 is 12.2 Å². The van der Waals surface area contributed by atoms with E-state index in [4.69, 9.17) is 5.84 Å². The number of hydrogen-bond donors (Lipinski definition) is 4. The second kappa shape index (κ2) is 5.11. The summed E-state index contributed by atoms with van der Waals surface area (Å²) in [4.78, 5) is 13.9. The molecule has 1 aliphatic rings. The quantitative estimate of drug-likeness (QED) is 0.313. The Morgan fingerprint density at radius 2 is 2.18 bits per heavy atom. The fourth-order valence-corrected chi connectivity index (χ4v) is 2.76. The van der Waals surface area contributed by atoms with Gasteiger partial charge in [-0.15, -0.1) is 11.3 Å². The molecular weight excluding hydrogens is 242 g/mol. The van der Waals surface area contributed by atoms with Crippen LogP contribution in [0.4, 0.5) is 0 Å². The van der Waals surface area contributed by atoms with E-state index in [9.17, 15) is 15.0 Å². The molecule has 0 spiro atoms. The summed E-state index contributed by atoms with van der Waals surface area (Å²) < 4.78 is 0. The molecule has 0 aliphatic carbocycles. The lowest BCUT2D eigenvalue weighted by atomic mass is 10.2. The molecular formula is C10H15N3O3S. The number of hydrogen-bond acceptors (Lipinski definition) is 6. The zero-order valence-corrected chi connectivity index (χ0v) is 9.98. The zero-order chi connectivity index (χ0) is 12.4. The van der Waals surface area contributed by atoms with Crippen LogP contribution < -0.4 is 11.3 Å². The number of likely N-dealkylation sites (tertiary alicyclic amines) is 1. The fourth-order valence-electron chi connectivity index (χ4n) is 1.94. The number of β-amino-alcohol motifs (C(OH)–C–C–N with tert-alkyl or cyclic N) is 2. The average Bonchev–Trinajstić information content (AvgIpc) is 2.86. The molecule has 1 fully saturated rings. The highest BCUT2D eigenvalue weighted by Crippen LogP contribution is 2.21. The maximum atomic E-state index is 11.5. The van der Waals surface area contributed by atoms with Gasteiger partial charge in [0.25, 0.3) is 5.91 Å². The Labute approximate surface area is 103 Å². The second-order valence-electron chi connectivity index (χ2n) is 4.08. The Morgan fingerprint density at radius 1 is 1.53 bits per heavy atom. The van der Waals surface area contributed by atoms with Crippen molar-refractivity contribution in [2.24, 2.45) is 5.84 Å². The van der Waals surface area contributed by atoms with Crippen molar-refractivity contribution in [3.63, 3.8) is 0 Å². The molecule has 2 heterocycles. The lowest BCUT2D eigenvalue weighted by Gasteiger charge is -2.14. The molecule has 1 saturated heterocycles. The number of amides is 1. The predicted molar refractivity (Wildman–Crippen MR) is 63.3 cm³/mol. The van der Waals surface area contributed by atoms with Gasteiger partial charge in [-0.1, -0.05) is 0 Å². The van der Waals surface area contributed by atoms with Crippen molar-refractivity contribution in [3.8, 4) is 0 Å². The zero-order valence-electron chi connectivity index (χ0n) is 9.17. The molecule has 7 heteroatoms. The molecule has 5 N–H and O–H groups in total. The highest BCUT2D eigenvalue weighted by molar-refractivity contribution is 7.12. The van der Waals surface area contributed by atoms with Gasteiger partial charge in [0.05, 0.1) is 17.1 Å². The number of carbonyl (C=O) groups is 1. The Hall–Kier alpha value is -0.990. The van der Waals surface area contributed by atoms with Gasteiger partial charge in [-0.2, -0.15) is 0 Å². The van der Waals surface area contributed by atoms with Crippen molar-refractivity contribution >= 4 is 17.2 Å². The maximum Gasteiger partial charge on any atom is 0.275 e. The van der Waals surface area contributed by atoms with Crippen molar-refractivity contribution in [2.75, 3.05) is 13.1 Å². The van der Waals surface area contributed by atoms with E-state index in [2.05, 4.69) is 5.43 Å². The Balaban J connectivity index is 2.04. The van der Waals surface area contributed by atoms with E-state index >= 15 is 0 Å². The maximum absolute atomic E-state index is 11.5. The SMILES string of the molecule is NNC(=O)c1sccc1CN1CC(O)C(O)C1. The molecule has 94 valence electrons. The Morgan fingerprint density at radius 3 is 2.76 bits per heavy atom. The third kappa shape index (κ3) is 2.64. The minimum Gasteiger partial charge on any atom is -0.389 e. The lowest BCUT2D eigenvalue weighted by Crippen LogP contribution is -2.31. The molecule has 1 aliphatic heterocycles. The Bertz CT molecular complexity index is 399. The second-order valence-corrected chi connectivity index (χ2v) is 4.99. The highest BCUT2D eigenvalue weighted by atomic mass is 32.1. The first-order chi connectivity index (χ1) is 8.11. The summed E-state index contributed by atoms with van der Waals surface area (Å²) in [7, 11) is 0. The van der Waals surface area contributed by atoms with Gasteiger partial charge in [-0.25, -0.2) is 5.84 Å². The van der Waals surface area contributed by atoms with Crippen LogP contribution in [0.1, 0.15) is 15.2 Å². The Kier molecular flexibility index (Phi) is 3.75. The topological polar surface area (TPSA) is 98.8 Å². The van der Waals surface area contributed by atoms with Crippen molar-refractivity contribution in [3.05, 3.63) is 21.9 Å². The molecule has 2 atom stereocenters. The van der Waals surface area contributed by atoms with E-state index in [1.54, 1.807) is 0 Å². The molecule has 0 radical (unpaired) electrons. The van der Waals surface area contributed by atoms with Gasteiger partial charge in [0.1, 0.15) is 0 Å². The minimum atomic E-state index is -0.708. The summed E-state index contributed by atoms with van der Waals surface area (Å²) in [5, 5.41) is 20.7. The van der Waals surface area contributed by atoms with Crippen LogP contribution in [0.2, 0.25) is 0 Å². The number of nitrogens with one attached hydrogen (secondary N) is 1. The molecule has 0 aromatic carbocycles. The van der Waals surface area contributed by atoms with E-state index in [0.29, 0.717) is 24.5 Å². The van der Waals surface area contributed by atoms with Crippen molar-refractivity contribution in [1.82, 2.24) is 10.3 Å². The molecule has 1 amide bonds. The van der Waals surface area contributed by atoms with Crippen LogP contribution in [0.25, 0.3) is 0 Å². The number of aliphatic hydroxyl groups excluding tert-OH is 2. The monoisotopic (exact) mass is 257 g/mol. The van der Waals surface area contributed by atoms with E-state index in [1.807, 2.05) is 16.3 Å². The lowest BCUT2D eigenvalue weighted by molar-refractivity contribution is 0.0572. The first-order valence-electron chi connectivity index (χ1n) is 5.27. The number of thiophene rings is 1. The summed E-state index contributed by atoms with van der Waals surface area (Å²) in [6, 6.07) is 1.85. The number of rotatable bonds is 3. The first-order valence-corrected chi connectivity index (χ1v) is 6.15. The summed E-state index contributed by atoms with van der Waals surface area (Å²) >= 11 is 1.32. The molecule has 1 aromatic heterocycles. The van der Waals surface area contributed by atoms with Crippen molar-refractivity contribution < 1.29 is 15.0 Å². The van der Waals surface area contributed by atoms with Crippen LogP contribution in [-0.4, -0.2) is 46.3 Å². The third-order valence-corrected chi connectivity index (χ3v) is 3.77. The summed E-state index contributed by atoms with van der Waals surface area (Å²) in [6.07, 6.45) is -1.42. The van der Waals surface area contributed by atoms with Gasteiger partial charge >= 0.3 is 0 Å². The fraction of sp³-hybridized carbons (Fsp3) is 0.500. The molecule has 6 nitrogen and oxygen atoms in total. The highest BCUT2D eigenvalue weighted by Gasteiger charge is 2.30. The largest absolute Gasteiger partial charge is 0.389 e. The smallest absolute Gasteiger partial charge is 0.275 e. The van der Waals surface area contributed by atoms with Gasteiger partial charge in [0.2, 0.25) is 0 Å². The van der Waals surface area contributed by atoms with Gasteiger partial charge in [0, 0.05) is 19.6 Å². The van der Waals surface area contributed by atoms with Gasteiger partial charge in [-0.05, 0) is 17.0 Å². The molecule has 2 unspecified atom stereocenters. The van der Waals surface area contributed by atoms with E-state index in [-0.39, 0.29) is 5.91 Å². The molecule has 17 heavy (non-hydrogen) atoms. The summed E-state index contributed by atoms with van der Waals surface area (Å²) in [6.45, 7) is 1.36. The van der Waals surface area contributed by atoms with Crippen LogP contribution in [0, 0.1) is 0 Å². The van der Waals surface area contributed by atoms with Gasteiger partial charge in [-0.3, -0.25) is 15.1 Å². The predicted octanol–water partition coefficient (Wildman–Crippen LogP) is -1.11. The summed E-state index contributed by atoms with van der Waals surface area (Å²) in [5.74, 6) is 4.79. The number of carbonyl (C=O) groups excluding carboxylic acids is 1. The minimum absolute atomic E-state index is 0.310. The third-order valence-electron chi connectivity index (χ3n) is 2.81. The summed E-state index contributed by atoms with van der Waals surface area (Å²) in [5.41, 5.74) is 2.96. The van der Waals surface area contributed by atoms with Crippen molar-refractivity contribution in [2.45, 2.75) is 18.8 Å². The van der Waals surface area contributed by atoms with E-state index in [1.165, 1.54) is 11.3 Å². The normalized spacial score (nSPS) is 25.1. The number of nitrogens with zero attached hydrogens (tertiary/aromatic N) is 1. The molecule has 1 aromatic rings. The number of aliphatic hydroxyl groups is 2. The number of nitrogen functional groups attached to an aromatic ring is 1. The van der Waals surface area contributed by atoms with Crippen LogP contribution in [-0.2, 0) is 6.54 Å². The van der Waals surface area contributed by atoms with Crippen molar-refractivity contribution in [1.29, 1.82) is 0 Å². The van der Waals surface area contributed by atoms with Crippen LogP contribution in [0.3, 0.4) is 0 Å². The first kappa shape index (κ1) is 12.5. The molecule has 0 saturated carbocycles. The van der Waals surface area contributed by atoms with Crippen LogP contribution in [0.15, 0.2) is 11.4 Å². The van der Waals surface area contributed by atoms with Crippen LogP contribution in [0.5, 0.6) is 0 Å². The standard InChI is InChI=1S/C10H15N3O3S/c11-12-10(16)9-6(1-2-17-9)3-13-4-7(14)8(15)5-13/h1-2,7-8,14-15H,3-5,11H2,(H,12,16). The van der Waals surface area contributed by atoms with Gasteiger partial charge < -0.3 is 10.2 Å². The number of nitrogens with two attached hydrogens (primary N) is 1.